The lowest BCUT2D eigenvalue weighted by atomic mass is 10.3. The van der Waals surface area contributed by atoms with E-state index in [1.54, 1.807) is 24.3 Å². The van der Waals surface area contributed by atoms with Gasteiger partial charge >= 0.3 is 0 Å². The van der Waals surface area contributed by atoms with Crippen LogP contribution >= 0.6 is 23.2 Å². The van der Waals surface area contributed by atoms with E-state index in [0.29, 0.717) is 5.02 Å². The van der Waals surface area contributed by atoms with Crippen LogP contribution in [0.4, 0.5) is 5.69 Å². The van der Waals surface area contributed by atoms with E-state index >= 15 is 0 Å². The standard InChI is InChI=1S/C10H9Cl2NO/c11-6-1-3-7(4-2-6)13-10(14)8-5-9(8)12/h1-4,8-9H,5H2,(H,13,14). The Labute approximate surface area is 92.2 Å². The van der Waals surface area contributed by atoms with Crippen LogP contribution in [0.2, 0.25) is 5.02 Å². The molecule has 0 aliphatic heterocycles. The minimum atomic E-state index is -0.0210. The Morgan fingerprint density at radius 3 is 2.43 bits per heavy atom. The smallest absolute Gasteiger partial charge is 0.229 e. The molecule has 1 aromatic carbocycles. The summed E-state index contributed by atoms with van der Waals surface area (Å²) in [7, 11) is 0. The highest BCUT2D eigenvalue weighted by molar-refractivity contribution is 6.30. The maximum atomic E-state index is 11.4. The van der Waals surface area contributed by atoms with Gasteiger partial charge in [0.2, 0.25) is 5.91 Å². The maximum Gasteiger partial charge on any atom is 0.229 e. The van der Waals surface area contributed by atoms with Gasteiger partial charge in [0.15, 0.2) is 0 Å². The Morgan fingerprint density at radius 1 is 1.36 bits per heavy atom. The number of alkyl halides is 1. The molecular formula is C10H9Cl2NO. The van der Waals surface area contributed by atoms with Crippen LogP contribution in [0, 0.1) is 5.92 Å². The van der Waals surface area contributed by atoms with E-state index in [0.717, 1.165) is 12.1 Å². The molecule has 14 heavy (non-hydrogen) atoms. The summed E-state index contributed by atoms with van der Waals surface area (Å²) in [6.07, 6.45) is 0.779. The van der Waals surface area contributed by atoms with Crippen LogP contribution < -0.4 is 5.32 Å². The lowest BCUT2D eigenvalue weighted by molar-refractivity contribution is -0.117. The van der Waals surface area contributed by atoms with Crippen LogP contribution in [0.3, 0.4) is 0 Å². The van der Waals surface area contributed by atoms with Crippen LogP contribution in [0.5, 0.6) is 0 Å². The number of hydrogen-bond donors (Lipinski definition) is 1. The predicted octanol–water partition coefficient (Wildman–Crippen LogP) is 2.91. The Bertz CT molecular complexity index is 350. The topological polar surface area (TPSA) is 29.1 Å². The van der Waals surface area contributed by atoms with Gasteiger partial charge in [-0.3, -0.25) is 4.79 Å². The lowest BCUT2D eigenvalue weighted by Crippen LogP contribution is -2.14. The summed E-state index contributed by atoms with van der Waals surface area (Å²) in [5.74, 6) is -0.0281. The summed E-state index contributed by atoms with van der Waals surface area (Å²) in [4.78, 5) is 11.4. The van der Waals surface area contributed by atoms with Crippen molar-refractivity contribution < 1.29 is 4.79 Å². The normalized spacial score (nSPS) is 24.4. The van der Waals surface area contributed by atoms with Crippen molar-refractivity contribution in [2.24, 2.45) is 5.92 Å². The van der Waals surface area contributed by atoms with Gasteiger partial charge < -0.3 is 5.32 Å². The number of benzene rings is 1. The third-order valence-electron chi connectivity index (χ3n) is 2.16. The van der Waals surface area contributed by atoms with Crippen molar-refractivity contribution in [2.45, 2.75) is 11.8 Å². The molecule has 1 aliphatic carbocycles. The van der Waals surface area contributed by atoms with E-state index in [4.69, 9.17) is 23.2 Å². The van der Waals surface area contributed by atoms with E-state index in [-0.39, 0.29) is 17.2 Å². The van der Waals surface area contributed by atoms with Gasteiger partial charge in [0, 0.05) is 16.1 Å². The van der Waals surface area contributed by atoms with Crippen LogP contribution in [0.1, 0.15) is 6.42 Å². The van der Waals surface area contributed by atoms with Gasteiger partial charge in [0.05, 0.1) is 5.92 Å². The third-order valence-corrected chi connectivity index (χ3v) is 2.90. The van der Waals surface area contributed by atoms with Gasteiger partial charge in [-0.25, -0.2) is 0 Å². The Kier molecular flexibility index (Phi) is 2.66. The molecule has 0 heterocycles. The minimum Gasteiger partial charge on any atom is -0.326 e. The Balaban J connectivity index is 1.97. The summed E-state index contributed by atoms with van der Waals surface area (Å²) in [6.45, 7) is 0. The molecule has 1 aromatic rings. The van der Waals surface area contributed by atoms with Crippen molar-refractivity contribution >= 4 is 34.8 Å². The van der Waals surface area contributed by atoms with Gasteiger partial charge in [0.1, 0.15) is 0 Å². The number of carbonyl (C=O) groups is 1. The van der Waals surface area contributed by atoms with Gasteiger partial charge in [0.25, 0.3) is 0 Å². The highest BCUT2D eigenvalue weighted by atomic mass is 35.5. The second-order valence-corrected chi connectivity index (χ2v) is 4.35. The molecule has 2 unspecified atom stereocenters. The Hall–Kier alpha value is -0.730. The maximum absolute atomic E-state index is 11.4. The number of nitrogens with one attached hydrogen (secondary N) is 1. The highest BCUT2D eigenvalue weighted by Crippen LogP contribution is 2.36. The van der Waals surface area contributed by atoms with Gasteiger partial charge in [-0.05, 0) is 30.7 Å². The second kappa shape index (κ2) is 3.79. The summed E-state index contributed by atoms with van der Waals surface area (Å²) < 4.78 is 0. The molecule has 1 aliphatic rings. The van der Waals surface area contributed by atoms with Gasteiger partial charge in [-0.15, -0.1) is 11.6 Å². The van der Waals surface area contributed by atoms with Gasteiger partial charge in [-0.1, -0.05) is 11.6 Å². The van der Waals surface area contributed by atoms with Gasteiger partial charge in [-0.2, -0.15) is 0 Å². The number of hydrogen-bond acceptors (Lipinski definition) is 1. The summed E-state index contributed by atoms with van der Waals surface area (Å²) in [5, 5.41) is 3.45. The first kappa shape index (κ1) is 9.81. The SMILES string of the molecule is O=C(Nc1ccc(Cl)cc1)C1CC1Cl. The zero-order chi connectivity index (χ0) is 10.1. The van der Waals surface area contributed by atoms with Crippen molar-refractivity contribution in [3.05, 3.63) is 29.3 Å². The Morgan fingerprint density at radius 2 is 1.93 bits per heavy atom. The van der Waals surface area contributed by atoms with E-state index < -0.39 is 0 Å². The first-order chi connectivity index (χ1) is 6.66. The minimum absolute atomic E-state index is 0.00711. The number of amides is 1. The fraction of sp³-hybridized carbons (Fsp3) is 0.300. The molecule has 0 saturated heterocycles. The third kappa shape index (κ3) is 2.20. The average Bonchev–Trinajstić information content (AvgIpc) is 2.87. The molecule has 1 N–H and O–H groups in total. The van der Waals surface area contributed by atoms with E-state index in [1.165, 1.54) is 0 Å². The largest absolute Gasteiger partial charge is 0.326 e. The van der Waals surface area contributed by atoms with E-state index in [9.17, 15) is 4.79 Å². The molecular weight excluding hydrogens is 221 g/mol. The number of carbonyl (C=O) groups excluding carboxylic acids is 1. The number of rotatable bonds is 2. The summed E-state index contributed by atoms with van der Waals surface area (Å²) in [5.41, 5.74) is 0.759. The lowest BCUT2D eigenvalue weighted by Gasteiger charge is -2.03. The van der Waals surface area contributed by atoms with Crippen LogP contribution in [0.25, 0.3) is 0 Å². The molecule has 2 rings (SSSR count). The molecule has 2 atom stereocenters. The average molecular weight is 230 g/mol. The summed E-state index contributed by atoms with van der Waals surface area (Å²) >= 11 is 11.5. The van der Waals surface area contributed by atoms with Crippen molar-refractivity contribution in [3.8, 4) is 0 Å². The molecule has 4 heteroatoms. The van der Waals surface area contributed by atoms with Crippen LogP contribution in [0.15, 0.2) is 24.3 Å². The fourth-order valence-corrected chi connectivity index (χ4v) is 1.64. The molecule has 74 valence electrons. The number of halogens is 2. The first-order valence-electron chi connectivity index (χ1n) is 4.37. The highest BCUT2D eigenvalue weighted by Gasteiger charge is 2.41. The van der Waals surface area contributed by atoms with Crippen molar-refractivity contribution in [1.82, 2.24) is 0 Å². The van der Waals surface area contributed by atoms with Crippen molar-refractivity contribution in [1.29, 1.82) is 0 Å². The molecule has 0 aromatic heterocycles. The van der Waals surface area contributed by atoms with E-state index in [2.05, 4.69) is 5.32 Å². The monoisotopic (exact) mass is 229 g/mol. The molecule has 0 bridgehead atoms. The van der Waals surface area contributed by atoms with E-state index in [1.807, 2.05) is 0 Å². The number of anilines is 1. The fourth-order valence-electron chi connectivity index (χ4n) is 1.20. The molecule has 0 radical (unpaired) electrons. The van der Waals surface area contributed by atoms with Crippen molar-refractivity contribution in [3.63, 3.8) is 0 Å². The summed E-state index contributed by atoms with van der Waals surface area (Å²) in [6, 6.07) is 7.02. The zero-order valence-electron chi connectivity index (χ0n) is 7.34. The molecule has 0 spiro atoms. The van der Waals surface area contributed by atoms with Crippen LogP contribution in [-0.2, 0) is 4.79 Å². The van der Waals surface area contributed by atoms with Crippen molar-refractivity contribution in [2.75, 3.05) is 5.32 Å². The molecule has 1 saturated carbocycles. The first-order valence-corrected chi connectivity index (χ1v) is 5.19. The molecule has 1 amide bonds. The second-order valence-electron chi connectivity index (χ2n) is 3.35. The van der Waals surface area contributed by atoms with Crippen LogP contribution in [-0.4, -0.2) is 11.3 Å². The zero-order valence-corrected chi connectivity index (χ0v) is 8.85. The molecule has 1 fully saturated rings. The molecule has 2 nitrogen and oxygen atoms in total. The predicted molar refractivity (Wildman–Crippen MR) is 57.8 cm³/mol. The quantitative estimate of drug-likeness (QED) is 0.777.